The number of rotatable bonds is 6. The lowest BCUT2D eigenvalue weighted by Gasteiger charge is -2.05. The first-order chi connectivity index (χ1) is 12.3. The highest BCUT2D eigenvalue weighted by molar-refractivity contribution is 5.69. The van der Waals surface area contributed by atoms with Gasteiger partial charge in [0.2, 0.25) is 11.7 Å². The lowest BCUT2D eigenvalue weighted by Crippen LogP contribution is -2.07. The largest absolute Gasteiger partial charge is 0.461 e. The fourth-order valence-electron chi connectivity index (χ4n) is 2.26. The number of hydrogen-bond donors (Lipinski definition) is 0. The first-order valence-electron chi connectivity index (χ1n) is 7.78. The molecule has 124 valence electrons. The van der Waals surface area contributed by atoms with Crippen LogP contribution in [0, 0.1) is 11.3 Å². The van der Waals surface area contributed by atoms with Crippen molar-refractivity contribution in [1.29, 1.82) is 5.26 Å². The number of carbonyl (C=O) groups is 1. The number of nitrogens with zero attached hydrogens (tertiary/aromatic N) is 3. The third-order valence-electron chi connectivity index (χ3n) is 3.57. The topological polar surface area (TPSA) is 89.0 Å². The van der Waals surface area contributed by atoms with Crippen LogP contribution in [0.3, 0.4) is 0 Å². The molecule has 1 heterocycles. The molecule has 3 rings (SSSR count). The Morgan fingerprint density at radius 1 is 1.12 bits per heavy atom. The highest BCUT2D eigenvalue weighted by Gasteiger charge is 2.12. The van der Waals surface area contributed by atoms with Crippen molar-refractivity contribution in [3.63, 3.8) is 0 Å². The SMILES string of the molecule is N#Cc1ccccc1COC(=O)CCc1nc(-c2ccccc2)no1. The molecular formula is C19H15N3O3. The molecule has 0 N–H and O–H groups in total. The molecule has 0 saturated carbocycles. The van der Waals surface area contributed by atoms with Crippen LogP contribution in [0.15, 0.2) is 59.1 Å². The lowest BCUT2D eigenvalue weighted by molar-refractivity contribution is -0.145. The molecule has 3 aromatic rings. The van der Waals surface area contributed by atoms with Gasteiger partial charge in [-0.25, -0.2) is 0 Å². The predicted octanol–water partition coefficient (Wildman–Crippen LogP) is 3.28. The predicted molar refractivity (Wildman–Crippen MR) is 89.0 cm³/mol. The van der Waals surface area contributed by atoms with Crippen LogP contribution in [0.2, 0.25) is 0 Å². The Hall–Kier alpha value is -3.46. The smallest absolute Gasteiger partial charge is 0.306 e. The first-order valence-corrected chi connectivity index (χ1v) is 7.78. The van der Waals surface area contributed by atoms with E-state index in [1.54, 1.807) is 24.3 Å². The van der Waals surface area contributed by atoms with Gasteiger partial charge in [-0.3, -0.25) is 4.79 Å². The van der Waals surface area contributed by atoms with Gasteiger partial charge in [-0.1, -0.05) is 53.7 Å². The fourth-order valence-corrected chi connectivity index (χ4v) is 2.26. The van der Waals surface area contributed by atoms with Gasteiger partial charge in [0.05, 0.1) is 18.1 Å². The molecule has 0 fully saturated rings. The summed E-state index contributed by atoms with van der Waals surface area (Å²) in [6.45, 7) is 0.0711. The molecule has 0 aliphatic carbocycles. The van der Waals surface area contributed by atoms with E-state index in [-0.39, 0.29) is 19.0 Å². The van der Waals surface area contributed by atoms with Gasteiger partial charge >= 0.3 is 5.97 Å². The summed E-state index contributed by atoms with van der Waals surface area (Å²) in [5.41, 5.74) is 2.04. The first kappa shape index (κ1) is 16.4. The Morgan fingerprint density at radius 2 is 1.88 bits per heavy atom. The average molecular weight is 333 g/mol. The molecule has 0 aliphatic rings. The maximum Gasteiger partial charge on any atom is 0.306 e. The second kappa shape index (κ2) is 7.88. The molecule has 0 amide bonds. The highest BCUT2D eigenvalue weighted by atomic mass is 16.5. The molecule has 6 heteroatoms. The van der Waals surface area contributed by atoms with Gasteiger partial charge < -0.3 is 9.26 Å². The molecule has 0 radical (unpaired) electrons. The number of benzene rings is 2. The van der Waals surface area contributed by atoms with E-state index in [9.17, 15) is 4.79 Å². The molecule has 2 aromatic carbocycles. The van der Waals surface area contributed by atoms with Gasteiger partial charge in [-0.05, 0) is 6.07 Å². The third-order valence-corrected chi connectivity index (χ3v) is 3.57. The molecule has 0 unspecified atom stereocenters. The number of aryl methyl sites for hydroxylation is 1. The van der Waals surface area contributed by atoms with Gasteiger partial charge in [0.25, 0.3) is 0 Å². The summed E-state index contributed by atoms with van der Waals surface area (Å²) in [5.74, 6) is 0.493. The van der Waals surface area contributed by atoms with E-state index in [1.807, 2.05) is 30.3 Å². The van der Waals surface area contributed by atoms with Crippen molar-refractivity contribution < 1.29 is 14.1 Å². The van der Waals surface area contributed by atoms with Crippen molar-refractivity contribution in [2.45, 2.75) is 19.4 Å². The molecule has 0 spiro atoms. The Balaban J connectivity index is 1.51. The number of ether oxygens (including phenoxy) is 1. The van der Waals surface area contributed by atoms with Crippen LogP contribution in [0.4, 0.5) is 0 Å². The zero-order valence-electron chi connectivity index (χ0n) is 13.4. The molecule has 0 atom stereocenters. The zero-order chi connectivity index (χ0) is 17.5. The van der Waals surface area contributed by atoms with Crippen LogP contribution in [0.1, 0.15) is 23.4 Å². The monoisotopic (exact) mass is 333 g/mol. The molecule has 1 aromatic heterocycles. The van der Waals surface area contributed by atoms with E-state index in [1.165, 1.54) is 0 Å². The van der Waals surface area contributed by atoms with Gasteiger partial charge in [0, 0.05) is 17.5 Å². The van der Waals surface area contributed by atoms with Crippen molar-refractivity contribution in [3.8, 4) is 17.5 Å². The van der Waals surface area contributed by atoms with Crippen LogP contribution in [-0.2, 0) is 22.6 Å². The molecule has 0 saturated heterocycles. The second-order valence-corrected chi connectivity index (χ2v) is 5.31. The Morgan fingerprint density at radius 3 is 2.68 bits per heavy atom. The zero-order valence-corrected chi connectivity index (χ0v) is 13.4. The van der Waals surface area contributed by atoms with Crippen molar-refractivity contribution in [2.24, 2.45) is 0 Å². The van der Waals surface area contributed by atoms with Crippen LogP contribution >= 0.6 is 0 Å². The average Bonchev–Trinajstić information content (AvgIpc) is 3.14. The van der Waals surface area contributed by atoms with E-state index in [2.05, 4.69) is 16.2 Å². The van der Waals surface area contributed by atoms with Gasteiger partial charge in [-0.15, -0.1) is 0 Å². The number of hydrogen-bond acceptors (Lipinski definition) is 6. The summed E-state index contributed by atoms with van der Waals surface area (Å²) in [7, 11) is 0. The highest BCUT2D eigenvalue weighted by Crippen LogP contribution is 2.15. The van der Waals surface area contributed by atoms with Crippen molar-refractivity contribution in [1.82, 2.24) is 10.1 Å². The van der Waals surface area contributed by atoms with Crippen molar-refractivity contribution in [3.05, 3.63) is 71.6 Å². The minimum absolute atomic E-state index is 0.0711. The summed E-state index contributed by atoms with van der Waals surface area (Å²) in [5, 5.41) is 12.9. The van der Waals surface area contributed by atoms with E-state index < -0.39 is 0 Å². The van der Waals surface area contributed by atoms with Gasteiger partial charge in [-0.2, -0.15) is 10.2 Å². The minimum Gasteiger partial charge on any atom is -0.461 e. The van der Waals surface area contributed by atoms with E-state index in [0.717, 1.165) is 5.56 Å². The maximum absolute atomic E-state index is 11.9. The van der Waals surface area contributed by atoms with E-state index in [0.29, 0.717) is 29.3 Å². The summed E-state index contributed by atoms with van der Waals surface area (Å²) in [6.07, 6.45) is 0.434. The summed E-state index contributed by atoms with van der Waals surface area (Å²) < 4.78 is 10.4. The minimum atomic E-state index is -0.382. The number of carbonyl (C=O) groups excluding carboxylic acids is 1. The normalized spacial score (nSPS) is 10.2. The van der Waals surface area contributed by atoms with Crippen LogP contribution in [0.25, 0.3) is 11.4 Å². The van der Waals surface area contributed by atoms with Crippen LogP contribution in [0.5, 0.6) is 0 Å². The molecular weight excluding hydrogens is 318 g/mol. The van der Waals surface area contributed by atoms with Crippen molar-refractivity contribution >= 4 is 5.97 Å². The van der Waals surface area contributed by atoms with E-state index in [4.69, 9.17) is 14.5 Å². The summed E-state index contributed by atoms with van der Waals surface area (Å²) in [6, 6.07) is 18.5. The Labute approximate surface area is 144 Å². The molecule has 0 aliphatic heterocycles. The number of nitriles is 1. The second-order valence-electron chi connectivity index (χ2n) is 5.31. The van der Waals surface area contributed by atoms with Crippen LogP contribution < -0.4 is 0 Å². The van der Waals surface area contributed by atoms with Gasteiger partial charge in [0.1, 0.15) is 6.61 Å². The Kier molecular flexibility index (Phi) is 5.17. The van der Waals surface area contributed by atoms with Crippen molar-refractivity contribution in [2.75, 3.05) is 0 Å². The number of aromatic nitrogens is 2. The Bertz CT molecular complexity index is 898. The maximum atomic E-state index is 11.9. The number of esters is 1. The quantitative estimate of drug-likeness (QED) is 0.643. The molecule has 6 nitrogen and oxygen atoms in total. The fraction of sp³-hybridized carbons (Fsp3) is 0.158. The molecule has 0 bridgehead atoms. The summed E-state index contributed by atoms with van der Waals surface area (Å²) in [4.78, 5) is 16.1. The van der Waals surface area contributed by atoms with E-state index >= 15 is 0 Å². The third kappa shape index (κ3) is 4.30. The van der Waals surface area contributed by atoms with Crippen LogP contribution in [-0.4, -0.2) is 16.1 Å². The molecule has 25 heavy (non-hydrogen) atoms. The van der Waals surface area contributed by atoms with Gasteiger partial charge in [0.15, 0.2) is 0 Å². The summed E-state index contributed by atoms with van der Waals surface area (Å²) >= 11 is 0. The standard InChI is InChI=1S/C19H15N3O3/c20-12-15-8-4-5-9-16(15)13-24-18(23)11-10-17-21-19(22-25-17)14-6-2-1-3-7-14/h1-9H,10-11,13H2. The lowest BCUT2D eigenvalue weighted by atomic mass is 10.1.